The monoisotopic (exact) mass is 236 g/mol. The van der Waals surface area contributed by atoms with Crippen LogP contribution in [0.25, 0.3) is 0 Å². The average molecular weight is 236 g/mol. The number of benzene rings is 1. The van der Waals surface area contributed by atoms with Gasteiger partial charge in [0, 0.05) is 0 Å². The van der Waals surface area contributed by atoms with Crippen LogP contribution in [-0.4, -0.2) is 22.2 Å². The van der Waals surface area contributed by atoms with E-state index in [4.69, 9.17) is 10.2 Å². The molecule has 0 spiro atoms. The molecule has 4 heteroatoms. The van der Waals surface area contributed by atoms with E-state index in [2.05, 4.69) is 0 Å². The van der Waals surface area contributed by atoms with E-state index in [0.29, 0.717) is 0 Å². The number of carboxylic acids is 2. The summed E-state index contributed by atoms with van der Waals surface area (Å²) in [6.07, 6.45) is 0.801. The maximum absolute atomic E-state index is 11.0. The molecule has 0 saturated heterocycles. The van der Waals surface area contributed by atoms with Gasteiger partial charge in [-0.3, -0.25) is 0 Å². The van der Waals surface area contributed by atoms with E-state index in [9.17, 15) is 9.59 Å². The highest BCUT2D eigenvalue weighted by Crippen LogP contribution is 2.28. The standard InChI is InChI=1S/C13H16O4/c1-4-13(2,3)10-6-8(11(14)15)5-9(7-10)12(16)17/h5-7H,4H2,1-3H3,(H,14,15)(H,16,17). The van der Waals surface area contributed by atoms with Crippen molar-refractivity contribution in [3.05, 3.63) is 34.9 Å². The minimum Gasteiger partial charge on any atom is -0.478 e. The quantitative estimate of drug-likeness (QED) is 0.842. The topological polar surface area (TPSA) is 74.6 Å². The van der Waals surface area contributed by atoms with Crippen LogP contribution < -0.4 is 0 Å². The first kappa shape index (κ1) is 13.2. The molecule has 17 heavy (non-hydrogen) atoms. The van der Waals surface area contributed by atoms with E-state index in [0.717, 1.165) is 12.0 Å². The van der Waals surface area contributed by atoms with Crippen molar-refractivity contribution < 1.29 is 19.8 Å². The molecule has 0 fully saturated rings. The van der Waals surface area contributed by atoms with Crippen molar-refractivity contribution in [3.8, 4) is 0 Å². The Morgan fingerprint density at radius 3 is 1.76 bits per heavy atom. The van der Waals surface area contributed by atoms with Crippen molar-refractivity contribution in [2.24, 2.45) is 0 Å². The molecule has 0 unspecified atom stereocenters. The van der Waals surface area contributed by atoms with Gasteiger partial charge < -0.3 is 10.2 Å². The Kier molecular flexibility index (Phi) is 3.56. The normalized spacial score (nSPS) is 11.2. The molecule has 0 aliphatic heterocycles. The molecule has 0 amide bonds. The molecule has 1 aromatic rings. The third kappa shape index (κ3) is 2.84. The molecule has 1 rings (SSSR count). The smallest absolute Gasteiger partial charge is 0.335 e. The van der Waals surface area contributed by atoms with Gasteiger partial charge in [-0.2, -0.15) is 0 Å². The van der Waals surface area contributed by atoms with Crippen LogP contribution in [-0.2, 0) is 5.41 Å². The second-order valence-corrected chi connectivity index (χ2v) is 4.65. The molecular weight excluding hydrogens is 220 g/mol. The van der Waals surface area contributed by atoms with Crippen LogP contribution in [0.5, 0.6) is 0 Å². The first-order valence-electron chi connectivity index (χ1n) is 5.40. The fraction of sp³-hybridized carbons (Fsp3) is 0.385. The number of carboxylic acid groups (broad SMARTS) is 2. The van der Waals surface area contributed by atoms with Crippen LogP contribution in [0.4, 0.5) is 0 Å². The first-order valence-corrected chi connectivity index (χ1v) is 5.40. The fourth-order valence-electron chi connectivity index (χ4n) is 1.47. The Hall–Kier alpha value is -1.84. The second-order valence-electron chi connectivity index (χ2n) is 4.65. The maximum Gasteiger partial charge on any atom is 0.335 e. The number of hydrogen-bond acceptors (Lipinski definition) is 2. The van der Waals surface area contributed by atoms with E-state index in [-0.39, 0.29) is 16.5 Å². The second kappa shape index (κ2) is 4.57. The van der Waals surface area contributed by atoms with Crippen molar-refractivity contribution in [2.75, 3.05) is 0 Å². The molecule has 0 atom stereocenters. The molecule has 4 nitrogen and oxygen atoms in total. The molecule has 0 aliphatic rings. The minimum absolute atomic E-state index is 0.0152. The summed E-state index contributed by atoms with van der Waals surface area (Å²) in [5.41, 5.74) is 0.524. The summed E-state index contributed by atoms with van der Waals surface area (Å²) < 4.78 is 0. The fourth-order valence-corrected chi connectivity index (χ4v) is 1.47. The van der Waals surface area contributed by atoms with Crippen LogP contribution in [0.2, 0.25) is 0 Å². The van der Waals surface area contributed by atoms with Crippen molar-refractivity contribution in [1.82, 2.24) is 0 Å². The molecule has 0 aromatic heterocycles. The minimum atomic E-state index is -1.11. The summed E-state index contributed by atoms with van der Waals surface area (Å²) in [4.78, 5) is 21.9. The Bertz CT molecular complexity index is 428. The number of rotatable bonds is 4. The van der Waals surface area contributed by atoms with Crippen LogP contribution in [0.3, 0.4) is 0 Å². The number of aromatic carboxylic acids is 2. The van der Waals surface area contributed by atoms with Gasteiger partial charge in [0.1, 0.15) is 0 Å². The highest BCUT2D eigenvalue weighted by atomic mass is 16.4. The summed E-state index contributed by atoms with van der Waals surface area (Å²) in [7, 11) is 0. The van der Waals surface area contributed by atoms with Crippen LogP contribution >= 0.6 is 0 Å². The number of hydrogen-bond donors (Lipinski definition) is 2. The van der Waals surface area contributed by atoms with Crippen molar-refractivity contribution in [2.45, 2.75) is 32.6 Å². The van der Waals surface area contributed by atoms with Gasteiger partial charge in [0.05, 0.1) is 11.1 Å². The Balaban J connectivity index is 3.41. The molecule has 0 saturated carbocycles. The molecule has 0 aliphatic carbocycles. The number of carbonyl (C=O) groups is 2. The summed E-state index contributed by atoms with van der Waals surface area (Å²) in [5, 5.41) is 17.9. The molecule has 1 aromatic carbocycles. The van der Waals surface area contributed by atoms with E-state index >= 15 is 0 Å². The zero-order valence-electron chi connectivity index (χ0n) is 10.2. The van der Waals surface area contributed by atoms with Crippen LogP contribution in [0.15, 0.2) is 18.2 Å². The third-order valence-corrected chi connectivity index (χ3v) is 3.09. The predicted octanol–water partition coefficient (Wildman–Crippen LogP) is 2.77. The lowest BCUT2D eigenvalue weighted by molar-refractivity contribution is 0.0696. The van der Waals surface area contributed by atoms with Crippen LogP contribution in [0.1, 0.15) is 53.5 Å². The van der Waals surface area contributed by atoms with Gasteiger partial charge in [0.15, 0.2) is 0 Å². The summed E-state index contributed by atoms with van der Waals surface area (Å²) in [6, 6.07) is 4.26. The van der Waals surface area contributed by atoms with Gasteiger partial charge in [-0.15, -0.1) is 0 Å². The van der Waals surface area contributed by atoms with Gasteiger partial charge in [-0.25, -0.2) is 9.59 Å². The highest BCUT2D eigenvalue weighted by Gasteiger charge is 2.21. The van der Waals surface area contributed by atoms with Gasteiger partial charge in [0.25, 0.3) is 0 Å². The van der Waals surface area contributed by atoms with Crippen molar-refractivity contribution in [1.29, 1.82) is 0 Å². The van der Waals surface area contributed by atoms with Gasteiger partial charge in [-0.1, -0.05) is 20.8 Å². The molecule has 0 radical (unpaired) electrons. The molecular formula is C13H16O4. The maximum atomic E-state index is 11.0. The van der Waals surface area contributed by atoms with Crippen molar-refractivity contribution in [3.63, 3.8) is 0 Å². The summed E-state index contributed by atoms with van der Waals surface area (Å²) in [5.74, 6) is -2.22. The van der Waals surface area contributed by atoms with Gasteiger partial charge >= 0.3 is 11.9 Å². The Labute approximate surface area is 99.9 Å². The van der Waals surface area contributed by atoms with Gasteiger partial charge in [0.2, 0.25) is 0 Å². The third-order valence-electron chi connectivity index (χ3n) is 3.09. The average Bonchev–Trinajstić information content (AvgIpc) is 2.28. The van der Waals surface area contributed by atoms with Crippen molar-refractivity contribution >= 4 is 11.9 Å². The summed E-state index contributed by atoms with van der Waals surface area (Å²) >= 11 is 0. The van der Waals surface area contributed by atoms with Crippen LogP contribution in [0, 0.1) is 0 Å². The van der Waals surface area contributed by atoms with E-state index in [1.54, 1.807) is 0 Å². The Morgan fingerprint density at radius 1 is 1.06 bits per heavy atom. The lowest BCUT2D eigenvalue weighted by atomic mass is 9.81. The first-order chi connectivity index (χ1) is 7.77. The molecule has 0 bridgehead atoms. The zero-order chi connectivity index (χ0) is 13.2. The Morgan fingerprint density at radius 2 is 1.47 bits per heavy atom. The highest BCUT2D eigenvalue weighted by molar-refractivity contribution is 5.94. The lowest BCUT2D eigenvalue weighted by Crippen LogP contribution is -2.17. The molecule has 92 valence electrons. The van der Waals surface area contributed by atoms with E-state index in [1.807, 2.05) is 20.8 Å². The molecule has 0 heterocycles. The van der Waals surface area contributed by atoms with E-state index in [1.165, 1.54) is 18.2 Å². The SMILES string of the molecule is CCC(C)(C)c1cc(C(=O)O)cc(C(=O)O)c1. The summed E-state index contributed by atoms with van der Waals surface area (Å²) in [6.45, 7) is 5.90. The predicted molar refractivity (Wildman–Crippen MR) is 63.7 cm³/mol. The lowest BCUT2D eigenvalue weighted by Gasteiger charge is -2.24. The van der Waals surface area contributed by atoms with E-state index < -0.39 is 11.9 Å². The largest absolute Gasteiger partial charge is 0.478 e. The molecule has 2 N–H and O–H groups in total. The van der Waals surface area contributed by atoms with Gasteiger partial charge in [-0.05, 0) is 35.6 Å². The zero-order valence-corrected chi connectivity index (χ0v) is 10.2.